The lowest BCUT2D eigenvalue weighted by atomic mass is 10.0. The molecule has 2 amide bonds. The minimum Gasteiger partial charge on any atom is -0.339 e. The molecule has 2 N–H and O–H groups in total. The Balaban J connectivity index is 2.29. The molecule has 5 nitrogen and oxygen atoms in total. The van der Waals surface area contributed by atoms with Crippen molar-refractivity contribution in [1.82, 2.24) is 9.80 Å². The van der Waals surface area contributed by atoms with Crippen molar-refractivity contribution in [2.75, 3.05) is 32.7 Å². The fraction of sp³-hybridized carbons (Fsp3) is 0.875. The lowest BCUT2D eigenvalue weighted by molar-refractivity contribution is -0.140. The van der Waals surface area contributed by atoms with Gasteiger partial charge in [-0.2, -0.15) is 0 Å². The van der Waals surface area contributed by atoms with Gasteiger partial charge < -0.3 is 15.5 Å². The largest absolute Gasteiger partial charge is 0.339 e. The first-order valence-electron chi connectivity index (χ1n) is 8.19. The maximum Gasteiger partial charge on any atom is 0.222 e. The zero-order chi connectivity index (χ0) is 15.8. The monoisotopic (exact) mass is 297 g/mol. The maximum absolute atomic E-state index is 12.2. The fourth-order valence-corrected chi connectivity index (χ4v) is 2.64. The van der Waals surface area contributed by atoms with Crippen LogP contribution in [0, 0.1) is 11.8 Å². The van der Waals surface area contributed by atoms with Crippen LogP contribution in [0.5, 0.6) is 0 Å². The van der Waals surface area contributed by atoms with E-state index in [0.29, 0.717) is 57.4 Å². The molecule has 21 heavy (non-hydrogen) atoms. The molecule has 0 saturated carbocycles. The van der Waals surface area contributed by atoms with Gasteiger partial charge in [0.15, 0.2) is 0 Å². The third kappa shape index (κ3) is 6.46. The van der Waals surface area contributed by atoms with Crippen LogP contribution in [-0.2, 0) is 9.59 Å². The third-order valence-electron chi connectivity index (χ3n) is 4.08. The second-order valence-electron chi connectivity index (χ2n) is 6.58. The number of amides is 2. The average molecular weight is 297 g/mol. The molecule has 1 rings (SSSR count). The number of hydrogen-bond donors (Lipinski definition) is 1. The number of carbonyl (C=O) groups excluding carboxylic acids is 2. The van der Waals surface area contributed by atoms with Crippen LogP contribution in [-0.4, -0.2) is 54.3 Å². The van der Waals surface area contributed by atoms with E-state index in [-0.39, 0.29) is 11.8 Å². The lowest BCUT2D eigenvalue weighted by Gasteiger charge is -2.35. The molecule has 1 atom stereocenters. The van der Waals surface area contributed by atoms with Crippen molar-refractivity contribution in [2.45, 2.75) is 46.5 Å². The van der Waals surface area contributed by atoms with E-state index in [1.165, 1.54) is 0 Å². The van der Waals surface area contributed by atoms with Crippen molar-refractivity contribution in [2.24, 2.45) is 17.6 Å². The summed E-state index contributed by atoms with van der Waals surface area (Å²) in [4.78, 5) is 27.9. The van der Waals surface area contributed by atoms with Crippen molar-refractivity contribution in [3.63, 3.8) is 0 Å². The third-order valence-corrected chi connectivity index (χ3v) is 4.08. The number of nitrogens with two attached hydrogens (primary N) is 1. The zero-order valence-corrected chi connectivity index (χ0v) is 13.8. The molecule has 122 valence electrons. The summed E-state index contributed by atoms with van der Waals surface area (Å²) in [7, 11) is 0. The van der Waals surface area contributed by atoms with Crippen molar-refractivity contribution >= 4 is 11.8 Å². The van der Waals surface area contributed by atoms with Crippen LogP contribution in [0.4, 0.5) is 0 Å². The highest BCUT2D eigenvalue weighted by Gasteiger charge is 2.24. The van der Waals surface area contributed by atoms with Gasteiger partial charge in [0.1, 0.15) is 0 Å². The summed E-state index contributed by atoms with van der Waals surface area (Å²) >= 11 is 0. The first-order chi connectivity index (χ1) is 9.93. The number of nitrogens with zero attached hydrogens (tertiary/aromatic N) is 2. The van der Waals surface area contributed by atoms with E-state index in [1.807, 2.05) is 9.80 Å². The van der Waals surface area contributed by atoms with Crippen molar-refractivity contribution in [3.8, 4) is 0 Å². The van der Waals surface area contributed by atoms with Gasteiger partial charge in [-0.25, -0.2) is 0 Å². The molecule has 0 aromatic heterocycles. The lowest BCUT2D eigenvalue weighted by Crippen LogP contribution is -2.50. The van der Waals surface area contributed by atoms with Gasteiger partial charge in [-0.15, -0.1) is 0 Å². The molecule has 0 aromatic rings. The normalized spacial score (nSPS) is 17.2. The highest BCUT2D eigenvalue weighted by atomic mass is 16.2. The predicted octanol–water partition coefficient (Wildman–Crippen LogP) is 1.47. The molecule has 0 spiro atoms. The Morgan fingerprint density at radius 1 is 0.952 bits per heavy atom. The quantitative estimate of drug-likeness (QED) is 0.774. The summed E-state index contributed by atoms with van der Waals surface area (Å²) < 4.78 is 0. The summed E-state index contributed by atoms with van der Waals surface area (Å²) in [5, 5.41) is 0. The smallest absolute Gasteiger partial charge is 0.222 e. The summed E-state index contributed by atoms with van der Waals surface area (Å²) in [5.74, 6) is 1.33. The molecule has 0 radical (unpaired) electrons. The van der Waals surface area contributed by atoms with Gasteiger partial charge in [0.05, 0.1) is 0 Å². The molecule has 0 aromatic carbocycles. The Hall–Kier alpha value is -1.10. The van der Waals surface area contributed by atoms with E-state index in [4.69, 9.17) is 5.73 Å². The number of piperazine rings is 1. The van der Waals surface area contributed by atoms with Crippen LogP contribution in [0.1, 0.15) is 46.5 Å². The fourth-order valence-electron chi connectivity index (χ4n) is 2.64. The first-order valence-corrected chi connectivity index (χ1v) is 8.19. The van der Waals surface area contributed by atoms with Crippen LogP contribution in [0.15, 0.2) is 0 Å². The standard InChI is InChI=1S/C16H31N3O2/c1-13(2)12-16(21)19-10-8-18(9-11-19)15(20)5-4-14(3)6-7-17/h13-14H,4-12,17H2,1-3H3. The summed E-state index contributed by atoms with van der Waals surface area (Å²) in [6, 6.07) is 0. The van der Waals surface area contributed by atoms with Gasteiger partial charge in [0, 0.05) is 39.0 Å². The van der Waals surface area contributed by atoms with E-state index in [9.17, 15) is 9.59 Å². The zero-order valence-electron chi connectivity index (χ0n) is 13.8. The number of rotatable bonds is 7. The van der Waals surface area contributed by atoms with Gasteiger partial charge in [0.25, 0.3) is 0 Å². The van der Waals surface area contributed by atoms with Gasteiger partial charge in [-0.3, -0.25) is 9.59 Å². The molecule has 1 unspecified atom stereocenters. The molecule has 1 heterocycles. The Morgan fingerprint density at radius 2 is 1.48 bits per heavy atom. The summed E-state index contributed by atoms with van der Waals surface area (Å²) in [6.07, 6.45) is 3.08. The highest BCUT2D eigenvalue weighted by molar-refractivity contribution is 5.78. The Morgan fingerprint density at radius 3 is 1.95 bits per heavy atom. The van der Waals surface area contributed by atoms with Crippen molar-refractivity contribution in [1.29, 1.82) is 0 Å². The Labute approximate surface area is 128 Å². The van der Waals surface area contributed by atoms with E-state index in [1.54, 1.807) is 0 Å². The number of carbonyl (C=O) groups is 2. The van der Waals surface area contributed by atoms with E-state index in [2.05, 4.69) is 20.8 Å². The topological polar surface area (TPSA) is 66.6 Å². The molecular formula is C16H31N3O2. The van der Waals surface area contributed by atoms with Crippen molar-refractivity contribution < 1.29 is 9.59 Å². The Kier molecular flexibility index (Phi) is 7.72. The SMILES string of the molecule is CC(C)CC(=O)N1CCN(C(=O)CCC(C)CCN)CC1. The molecule has 1 saturated heterocycles. The minimum absolute atomic E-state index is 0.216. The van der Waals surface area contributed by atoms with Crippen LogP contribution >= 0.6 is 0 Å². The van der Waals surface area contributed by atoms with Crippen LogP contribution in [0.3, 0.4) is 0 Å². The van der Waals surface area contributed by atoms with Gasteiger partial charge >= 0.3 is 0 Å². The van der Waals surface area contributed by atoms with E-state index >= 15 is 0 Å². The van der Waals surface area contributed by atoms with Crippen LogP contribution < -0.4 is 5.73 Å². The Bertz CT molecular complexity index is 336. The van der Waals surface area contributed by atoms with Gasteiger partial charge in [-0.05, 0) is 31.2 Å². The first kappa shape index (κ1) is 18.0. The minimum atomic E-state index is 0.216. The summed E-state index contributed by atoms with van der Waals surface area (Å²) in [5.41, 5.74) is 5.52. The van der Waals surface area contributed by atoms with Gasteiger partial charge in [-0.1, -0.05) is 20.8 Å². The molecule has 5 heteroatoms. The average Bonchev–Trinajstić information content (AvgIpc) is 2.44. The molecule has 0 bridgehead atoms. The number of hydrogen-bond acceptors (Lipinski definition) is 3. The van der Waals surface area contributed by atoms with E-state index < -0.39 is 0 Å². The molecular weight excluding hydrogens is 266 g/mol. The predicted molar refractivity (Wildman–Crippen MR) is 84.7 cm³/mol. The molecule has 1 aliphatic heterocycles. The summed E-state index contributed by atoms with van der Waals surface area (Å²) in [6.45, 7) is 9.64. The van der Waals surface area contributed by atoms with Crippen LogP contribution in [0.2, 0.25) is 0 Å². The molecule has 1 fully saturated rings. The second-order valence-corrected chi connectivity index (χ2v) is 6.58. The molecule has 1 aliphatic rings. The van der Waals surface area contributed by atoms with Gasteiger partial charge in [0.2, 0.25) is 11.8 Å². The highest BCUT2D eigenvalue weighted by Crippen LogP contribution is 2.13. The molecule has 0 aliphatic carbocycles. The maximum atomic E-state index is 12.2. The van der Waals surface area contributed by atoms with Crippen LogP contribution in [0.25, 0.3) is 0 Å². The van der Waals surface area contributed by atoms with E-state index in [0.717, 1.165) is 12.8 Å². The van der Waals surface area contributed by atoms with Crippen molar-refractivity contribution in [3.05, 3.63) is 0 Å². The second kappa shape index (κ2) is 9.03.